The second-order valence-corrected chi connectivity index (χ2v) is 2.77. The van der Waals surface area contributed by atoms with Crippen LogP contribution in [0.2, 0.25) is 0 Å². The van der Waals surface area contributed by atoms with Crippen LogP contribution in [0.4, 0.5) is 0 Å². The maximum absolute atomic E-state index is 5.12. The minimum atomic E-state index is -0.146. The molecule has 0 aromatic carbocycles. The Morgan fingerprint density at radius 2 is 2.00 bits per heavy atom. The topological polar surface area (TPSA) is 30.5 Å². The van der Waals surface area contributed by atoms with Crippen LogP contribution in [0.25, 0.3) is 0 Å². The highest BCUT2D eigenvalue weighted by molar-refractivity contribution is 4.82. The number of nitrogens with one attached hydrogen (secondary N) is 1. The highest BCUT2D eigenvalue weighted by Crippen LogP contribution is 1.92. The molecule has 76 valence electrons. The van der Waals surface area contributed by atoms with Gasteiger partial charge in [0.2, 0.25) is 0 Å². The van der Waals surface area contributed by atoms with E-state index in [1.165, 1.54) is 0 Å². The van der Waals surface area contributed by atoms with Crippen molar-refractivity contribution in [1.29, 1.82) is 0 Å². The van der Waals surface area contributed by atoms with Gasteiger partial charge >= 0.3 is 0 Å². The zero-order chi connectivity index (χ0) is 9.94. The van der Waals surface area contributed by atoms with Crippen molar-refractivity contribution in [2.24, 2.45) is 0 Å². The van der Waals surface area contributed by atoms with E-state index in [-0.39, 0.29) is 6.29 Å². The smallest absolute Gasteiger partial charge is 0.169 e. The van der Waals surface area contributed by atoms with Crippen LogP contribution in [0.1, 0.15) is 19.3 Å². The second-order valence-electron chi connectivity index (χ2n) is 2.77. The molecule has 0 unspecified atom stereocenters. The predicted octanol–water partition coefficient (Wildman–Crippen LogP) is 0.998. The van der Waals surface area contributed by atoms with E-state index in [0.717, 1.165) is 32.4 Å². The molecule has 3 nitrogen and oxygen atoms in total. The molecule has 13 heavy (non-hydrogen) atoms. The molecule has 0 aromatic rings. The molecule has 1 N–H and O–H groups in total. The van der Waals surface area contributed by atoms with Crippen LogP contribution >= 0.6 is 0 Å². The van der Waals surface area contributed by atoms with E-state index in [1.807, 2.05) is 0 Å². The molecule has 0 radical (unpaired) electrons. The summed E-state index contributed by atoms with van der Waals surface area (Å²) in [5.41, 5.74) is 0. The van der Waals surface area contributed by atoms with E-state index in [4.69, 9.17) is 15.9 Å². The lowest BCUT2D eigenvalue weighted by molar-refractivity contribution is -0.0986. The lowest BCUT2D eigenvalue weighted by atomic mass is 10.2. The summed E-state index contributed by atoms with van der Waals surface area (Å²) in [4.78, 5) is 0. The molecule has 0 saturated heterocycles. The summed E-state index contributed by atoms with van der Waals surface area (Å²) in [6, 6.07) is 0. The molecule has 0 aliphatic rings. The summed E-state index contributed by atoms with van der Waals surface area (Å²) in [5.74, 6) is 2.61. The van der Waals surface area contributed by atoms with Crippen molar-refractivity contribution in [3.05, 3.63) is 0 Å². The summed E-state index contributed by atoms with van der Waals surface area (Å²) in [6.07, 6.45) is 8.02. The maximum Gasteiger partial charge on any atom is 0.169 e. The normalized spacial score (nSPS) is 10.3. The fourth-order valence-corrected chi connectivity index (χ4v) is 0.960. The van der Waals surface area contributed by atoms with Gasteiger partial charge in [0.1, 0.15) is 0 Å². The van der Waals surface area contributed by atoms with Gasteiger partial charge in [-0.1, -0.05) is 0 Å². The van der Waals surface area contributed by atoms with E-state index < -0.39 is 0 Å². The molecule has 0 aliphatic heterocycles. The fraction of sp³-hybridized carbons (Fsp3) is 0.800. The molecule has 0 spiro atoms. The molecular weight excluding hydrogens is 166 g/mol. The maximum atomic E-state index is 5.12. The van der Waals surface area contributed by atoms with Gasteiger partial charge in [-0.15, -0.1) is 12.3 Å². The van der Waals surface area contributed by atoms with Gasteiger partial charge in [-0.05, 0) is 19.4 Å². The average molecular weight is 185 g/mol. The van der Waals surface area contributed by atoms with Crippen LogP contribution in [0.15, 0.2) is 0 Å². The third-order valence-corrected chi connectivity index (χ3v) is 1.76. The van der Waals surface area contributed by atoms with Gasteiger partial charge < -0.3 is 14.8 Å². The first kappa shape index (κ1) is 12.4. The van der Waals surface area contributed by atoms with Crippen molar-refractivity contribution >= 4 is 0 Å². The van der Waals surface area contributed by atoms with Crippen molar-refractivity contribution in [2.45, 2.75) is 25.6 Å². The number of unbranched alkanes of at least 4 members (excludes halogenated alkanes) is 2. The Morgan fingerprint density at radius 1 is 1.31 bits per heavy atom. The van der Waals surface area contributed by atoms with Gasteiger partial charge in [0.05, 0.1) is 0 Å². The van der Waals surface area contributed by atoms with Crippen molar-refractivity contribution in [3.63, 3.8) is 0 Å². The largest absolute Gasteiger partial charge is 0.355 e. The van der Waals surface area contributed by atoms with Gasteiger partial charge in [-0.3, -0.25) is 0 Å². The number of hydrogen-bond donors (Lipinski definition) is 1. The number of terminal acetylenes is 1. The summed E-state index contributed by atoms with van der Waals surface area (Å²) < 4.78 is 10.0. The number of ether oxygens (including phenoxy) is 2. The molecule has 3 heteroatoms. The third-order valence-electron chi connectivity index (χ3n) is 1.76. The summed E-state index contributed by atoms with van der Waals surface area (Å²) in [5, 5.41) is 3.23. The van der Waals surface area contributed by atoms with Gasteiger partial charge in [0, 0.05) is 27.2 Å². The highest BCUT2D eigenvalue weighted by Gasteiger charge is 2.02. The van der Waals surface area contributed by atoms with Crippen molar-refractivity contribution in [2.75, 3.05) is 27.3 Å². The van der Waals surface area contributed by atoms with Gasteiger partial charge in [0.25, 0.3) is 0 Å². The average Bonchev–Trinajstić information content (AvgIpc) is 2.17. The van der Waals surface area contributed by atoms with E-state index >= 15 is 0 Å². The van der Waals surface area contributed by atoms with Crippen LogP contribution < -0.4 is 5.32 Å². The van der Waals surface area contributed by atoms with E-state index in [2.05, 4.69) is 11.2 Å². The molecule has 0 aromatic heterocycles. The number of methoxy groups -OCH3 is 2. The first-order valence-electron chi connectivity index (χ1n) is 4.55. The molecule has 0 amide bonds. The quantitative estimate of drug-likeness (QED) is 0.347. The SMILES string of the molecule is C#CCCCCNCC(OC)OC. The third kappa shape index (κ3) is 7.79. The van der Waals surface area contributed by atoms with Crippen molar-refractivity contribution in [1.82, 2.24) is 5.32 Å². The Kier molecular flexibility index (Phi) is 9.12. The van der Waals surface area contributed by atoms with Crippen LogP contribution in [0.3, 0.4) is 0 Å². The van der Waals surface area contributed by atoms with Crippen molar-refractivity contribution in [3.8, 4) is 12.3 Å². The minimum absolute atomic E-state index is 0.146. The molecule has 0 rings (SSSR count). The van der Waals surface area contributed by atoms with Crippen LogP contribution in [-0.2, 0) is 9.47 Å². The van der Waals surface area contributed by atoms with E-state index in [0.29, 0.717) is 0 Å². The van der Waals surface area contributed by atoms with E-state index in [1.54, 1.807) is 14.2 Å². The molecule has 0 aliphatic carbocycles. The lowest BCUT2D eigenvalue weighted by Gasteiger charge is -2.13. The zero-order valence-electron chi connectivity index (χ0n) is 8.51. The Labute approximate surface area is 80.8 Å². The fourth-order valence-electron chi connectivity index (χ4n) is 0.960. The number of hydrogen-bond acceptors (Lipinski definition) is 3. The Balaban J connectivity index is 3.11. The molecule has 0 saturated carbocycles. The second kappa shape index (κ2) is 9.53. The first-order valence-corrected chi connectivity index (χ1v) is 4.55. The van der Waals surface area contributed by atoms with E-state index in [9.17, 15) is 0 Å². The molecule has 0 heterocycles. The summed E-state index contributed by atoms with van der Waals surface area (Å²) in [6.45, 7) is 1.69. The van der Waals surface area contributed by atoms with Crippen LogP contribution in [0, 0.1) is 12.3 Å². The molecule has 0 atom stereocenters. The zero-order valence-corrected chi connectivity index (χ0v) is 8.51. The first-order chi connectivity index (χ1) is 6.35. The Bertz CT molecular complexity index is 138. The highest BCUT2D eigenvalue weighted by atomic mass is 16.7. The monoisotopic (exact) mass is 185 g/mol. The summed E-state index contributed by atoms with van der Waals surface area (Å²) in [7, 11) is 3.27. The molecule has 0 bridgehead atoms. The standard InChI is InChI=1S/C10H19NO2/c1-4-5-6-7-8-11-9-10(12-2)13-3/h1,10-11H,5-9H2,2-3H3. The minimum Gasteiger partial charge on any atom is -0.355 e. The van der Waals surface area contributed by atoms with Gasteiger partial charge in [0.15, 0.2) is 6.29 Å². The van der Waals surface area contributed by atoms with Gasteiger partial charge in [-0.2, -0.15) is 0 Å². The molecule has 0 fully saturated rings. The Hall–Kier alpha value is -0.560. The van der Waals surface area contributed by atoms with Gasteiger partial charge in [-0.25, -0.2) is 0 Å². The Morgan fingerprint density at radius 3 is 2.54 bits per heavy atom. The lowest BCUT2D eigenvalue weighted by Crippen LogP contribution is -2.30. The predicted molar refractivity (Wildman–Crippen MR) is 53.4 cm³/mol. The number of rotatable bonds is 8. The molecular formula is C10H19NO2. The summed E-state index contributed by atoms with van der Waals surface area (Å²) >= 11 is 0. The van der Waals surface area contributed by atoms with Crippen LogP contribution in [-0.4, -0.2) is 33.6 Å². The van der Waals surface area contributed by atoms with Crippen LogP contribution in [0.5, 0.6) is 0 Å². The van der Waals surface area contributed by atoms with Crippen molar-refractivity contribution < 1.29 is 9.47 Å².